The molecule has 2 N–H and O–H groups in total. The number of rotatable bonds is 5. The van der Waals surface area contributed by atoms with Gasteiger partial charge < -0.3 is 10.6 Å². The summed E-state index contributed by atoms with van der Waals surface area (Å²) < 4.78 is 0. The first kappa shape index (κ1) is 14.6. The number of nitrogens with two attached hydrogens (primary N) is 1. The second kappa shape index (κ2) is 6.12. The first-order valence-corrected chi connectivity index (χ1v) is 7.37. The standard InChI is InChI=1S/C17H25N3/c1-12(2)10-20(11-13(3)4)16-8-7-15(18)14-6-5-9-19-17(14)16/h5-9,12-13H,10-11,18H2,1-4H3. The van der Waals surface area contributed by atoms with Gasteiger partial charge in [-0.1, -0.05) is 27.7 Å². The van der Waals surface area contributed by atoms with Crippen molar-refractivity contribution in [2.75, 3.05) is 23.7 Å². The van der Waals surface area contributed by atoms with Crippen LogP contribution in [0.4, 0.5) is 11.4 Å². The third-order valence-corrected chi connectivity index (χ3v) is 3.29. The monoisotopic (exact) mass is 271 g/mol. The highest BCUT2D eigenvalue weighted by molar-refractivity contribution is 5.98. The predicted octanol–water partition coefficient (Wildman–Crippen LogP) is 3.94. The van der Waals surface area contributed by atoms with Crippen LogP contribution in [0.25, 0.3) is 10.9 Å². The fourth-order valence-electron chi connectivity index (χ4n) is 2.59. The minimum absolute atomic E-state index is 0.616. The van der Waals surface area contributed by atoms with Crippen LogP contribution in [0.15, 0.2) is 30.5 Å². The molecule has 0 amide bonds. The maximum absolute atomic E-state index is 6.07. The maximum atomic E-state index is 6.07. The lowest BCUT2D eigenvalue weighted by Crippen LogP contribution is -2.31. The van der Waals surface area contributed by atoms with Gasteiger partial charge in [-0.25, -0.2) is 0 Å². The number of pyridine rings is 1. The number of nitrogens with zero attached hydrogens (tertiary/aromatic N) is 2. The molecule has 0 atom stereocenters. The summed E-state index contributed by atoms with van der Waals surface area (Å²) in [6, 6.07) is 8.09. The van der Waals surface area contributed by atoms with E-state index in [0.29, 0.717) is 11.8 Å². The van der Waals surface area contributed by atoms with Crippen molar-refractivity contribution in [1.29, 1.82) is 0 Å². The molecular formula is C17H25N3. The zero-order valence-electron chi connectivity index (χ0n) is 12.9. The Morgan fingerprint density at radius 3 is 2.30 bits per heavy atom. The fraction of sp³-hybridized carbons (Fsp3) is 0.471. The molecule has 0 fully saturated rings. The van der Waals surface area contributed by atoms with Crippen LogP contribution in [0.1, 0.15) is 27.7 Å². The Bertz CT molecular complexity index is 565. The zero-order chi connectivity index (χ0) is 14.7. The Kier molecular flexibility index (Phi) is 4.48. The summed E-state index contributed by atoms with van der Waals surface area (Å²) in [5, 5.41) is 1.04. The second-order valence-corrected chi connectivity index (χ2v) is 6.27. The van der Waals surface area contributed by atoms with Gasteiger partial charge in [0.2, 0.25) is 0 Å². The van der Waals surface area contributed by atoms with Crippen LogP contribution in [0.3, 0.4) is 0 Å². The van der Waals surface area contributed by atoms with Crippen molar-refractivity contribution in [2.24, 2.45) is 11.8 Å². The van der Waals surface area contributed by atoms with Gasteiger partial charge in [-0.05, 0) is 36.1 Å². The number of aromatic nitrogens is 1. The first-order chi connectivity index (χ1) is 9.49. The average molecular weight is 271 g/mol. The van der Waals surface area contributed by atoms with E-state index in [1.165, 1.54) is 5.69 Å². The smallest absolute Gasteiger partial charge is 0.0955 e. The topological polar surface area (TPSA) is 42.1 Å². The molecule has 0 saturated heterocycles. The normalized spacial score (nSPS) is 11.5. The Morgan fingerprint density at radius 1 is 1.05 bits per heavy atom. The molecule has 0 saturated carbocycles. The highest BCUT2D eigenvalue weighted by atomic mass is 15.1. The molecule has 3 nitrogen and oxygen atoms in total. The predicted molar refractivity (Wildman–Crippen MR) is 88.0 cm³/mol. The molecule has 0 spiro atoms. The van der Waals surface area contributed by atoms with Crippen LogP contribution in [0.2, 0.25) is 0 Å². The molecule has 20 heavy (non-hydrogen) atoms. The van der Waals surface area contributed by atoms with Crippen LogP contribution in [0, 0.1) is 11.8 Å². The molecular weight excluding hydrogens is 246 g/mol. The summed E-state index contributed by atoms with van der Waals surface area (Å²) in [4.78, 5) is 6.99. The van der Waals surface area contributed by atoms with E-state index in [0.717, 1.165) is 29.7 Å². The van der Waals surface area contributed by atoms with Gasteiger partial charge in [0.15, 0.2) is 0 Å². The third kappa shape index (κ3) is 3.21. The van der Waals surface area contributed by atoms with E-state index in [1.54, 1.807) is 0 Å². The van der Waals surface area contributed by atoms with Crippen molar-refractivity contribution in [3.8, 4) is 0 Å². The van der Waals surface area contributed by atoms with Crippen molar-refractivity contribution in [3.63, 3.8) is 0 Å². The highest BCUT2D eigenvalue weighted by Crippen LogP contribution is 2.30. The van der Waals surface area contributed by atoms with E-state index in [2.05, 4.69) is 43.6 Å². The van der Waals surface area contributed by atoms with Crippen molar-refractivity contribution in [2.45, 2.75) is 27.7 Å². The molecule has 1 heterocycles. The highest BCUT2D eigenvalue weighted by Gasteiger charge is 2.15. The SMILES string of the molecule is CC(C)CN(CC(C)C)c1ccc(N)c2cccnc12. The van der Waals surface area contributed by atoms with Crippen molar-refractivity contribution >= 4 is 22.3 Å². The molecule has 0 aliphatic heterocycles. The Hall–Kier alpha value is -1.77. The molecule has 1 aromatic heterocycles. The summed E-state index contributed by atoms with van der Waals surface area (Å²) >= 11 is 0. The molecule has 108 valence electrons. The van der Waals surface area contributed by atoms with E-state index >= 15 is 0 Å². The number of anilines is 2. The van der Waals surface area contributed by atoms with Gasteiger partial charge in [-0.2, -0.15) is 0 Å². The maximum Gasteiger partial charge on any atom is 0.0955 e. The van der Waals surface area contributed by atoms with Crippen LogP contribution in [0.5, 0.6) is 0 Å². The van der Waals surface area contributed by atoms with E-state index in [1.807, 2.05) is 24.4 Å². The molecule has 3 heteroatoms. The third-order valence-electron chi connectivity index (χ3n) is 3.29. The Morgan fingerprint density at radius 2 is 1.70 bits per heavy atom. The van der Waals surface area contributed by atoms with Crippen LogP contribution < -0.4 is 10.6 Å². The molecule has 0 bridgehead atoms. The van der Waals surface area contributed by atoms with Crippen LogP contribution in [-0.4, -0.2) is 18.1 Å². The summed E-state index contributed by atoms with van der Waals surface area (Å²) in [7, 11) is 0. The lowest BCUT2D eigenvalue weighted by Gasteiger charge is -2.29. The summed E-state index contributed by atoms with van der Waals surface area (Å²) in [5.41, 5.74) is 9.07. The summed E-state index contributed by atoms with van der Waals surface area (Å²) in [6.45, 7) is 11.1. The van der Waals surface area contributed by atoms with Gasteiger partial charge in [0.05, 0.1) is 11.2 Å². The second-order valence-electron chi connectivity index (χ2n) is 6.27. The van der Waals surface area contributed by atoms with Gasteiger partial charge in [-0.15, -0.1) is 0 Å². The Labute approximate surface area is 121 Å². The molecule has 0 aliphatic rings. The van der Waals surface area contributed by atoms with Gasteiger partial charge in [0.25, 0.3) is 0 Å². The van der Waals surface area contributed by atoms with Crippen LogP contribution >= 0.6 is 0 Å². The van der Waals surface area contributed by atoms with Gasteiger partial charge in [-0.3, -0.25) is 4.98 Å². The quantitative estimate of drug-likeness (QED) is 0.838. The molecule has 0 unspecified atom stereocenters. The minimum atomic E-state index is 0.616. The lowest BCUT2D eigenvalue weighted by molar-refractivity contribution is 0.553. The van der Waals surface area contributed by atoms with Crippen molar-refractivity contribution < 1.29 is 0 Å². The van der Waals surface area contributed by atoms with E-state index in [4.69, 9.17) is 5.73 Å². The van der Waals surface area contributed by atoms with Crippen molar-refractivity contribution in [3.05, 3.63) is 30.5 Å². The van der Waals surface area contributed by atoms with Gasteiger partial charge >= 0.3 is 0 Å². The van der Waals surface area contributed by atoms with Crippen LogP contribution in [-0.2, 0) is 0 Å². The zero-order valence-corrected chi connectivity index (χ0v) is 12.9. The molecule has 2 rings (SSSR count). The van der Waals surface area contributed by atoms with Gasteiger partial charge in [0.1, 0.15) is 0 Å². The molecule has 2 aromatic rings. The average Bonchev–Trinajstić information content (AvgIpc) is 2.37. The van der Waals surface area contributed by atoms with E-state index in [9.17, 15) is 0 Å². The number of hydrogen-bond acceptors (Lipinski definition) is 3. The van der Waals surface area contributed by atoms with Crippen molar-refractivity contribution in [1.82, 2.24) is 4.98 Å². The Balaban J connectivity index is 2.50. The fourth-order valence-corrected chi connectivity index (χ4v) is 2.59. The summed E-state index contributed by atoms with van der Waals surface area (Å²) in [5.74, 6) is 1.23. The lowest BCUT2D eigenvalue weighted by atomic mass is 10.1. The van der Waals surface area contributed by atoms with E-state index < -0.39 is 0 Å². The molecule has 1 aromatic carbocycles. The minimum Gasteiger partial charge on any atom is -0.398 e. The number of nitrogen functional groups attached to an aromatic ring is 1. The molecule has 0 aliphatic carbocycles. The molecule has 0 radical (unpaired) electrons. The van der Waals surface area contributed by atoms with E-state index in [-0.39, 0.29) is 0 Å². The first-order valence-electron chi connectivity index (χ1n) is 7.37. The summed E-state index contributed by atoms with van der Waals surface area (Å²) in [6.07, 6.45) is 1.84. The van der Waals surface area contributed by atoms with Gasteiger partial charge in [0, 0.05) is 30.4 Å². The number of hydrogen-bond donors (Lipinski definition) is 1. The number of fused-ring (bicyclic) bond motifs is 1. The number of benzene rings is 1. The largest absolute Gasteiger partial charge is 0.398 e.